The van der Waals surface area contributed by atoms with Crippen LogP contribution in [0.3, 0.4) is 0 Å². The molecule has 0 bridgehead atoms. The lowest BCUT2D eigenvalue weighted by Crippen LogP contribution is -2.26. The van der Waals surface area contributed by atoms with Crippen molar-refractivity contribution in [2.24, 2.45) is 0 Å². The highest BCUT2D eigenvalue weighted by molar-refractivity contribution is 5.95. The van der Waals surface area contributed by atoms with Crippen LogP contribution in [-0.2, 0) is 13.0 Å². The van der Waals surface area contributed by atoms with Gasteiger partial charge in [-0.25, -0.2) is 0 Å². The van der Waals surface area contributed by atoms with Crippen LogP contribution in [0, 0.1) is 10.1 Å². The molecule has 0 aliphatic carbocycles. The number of nitro benzene ring substituents is 1. The van der Waals surface area contributed by atoms with Crippen molar-refractivity contribution in [1.29, 1.82) is 0 Å². The summed E-state index contributed by atoms with van der Waals surface area (Å²) < 4.78 is 0. The molecule has 2 aromatic carbocycles. The Morgan fingerprint density at radius 1 is 1.04 bits per heavy atom. The van der Waals surface area contributed by atoms with Crippen molar-refractivity contribution in [3.05, 3.63) is 69.3 Å². The van der Waals surface area contributed by atoms with E-state index in [1.165, 1.54) is 11.6 Å². The SMILES string of the molecule is CCc1ccc(CN(C)C(=O)c2ccc(N(C)C)c([N+](=O)[O-])c2)cc1. The summed E-state index contributed by atoms with van der Waals surface area (Å²) in [6, 6.07) is 12.7. The Hall–Kier alpha value is -2.89. The van der Waals surface area contributed by atoms with Crippen molar-refractivity contribution in [2.45, 2.75) is 19.9 Å². The second-order valence-corrected chi connectivity index (χ2v) is 6.19. The first kappa shape index (κ1) is 18.4. The quantitative estimate of drug-likeness (QED) is 0.596. The number of benzene rings is 2. The Morgan fingerprint density at radius 3 is 2.16 bits per heavy atom. The van der Waals surface area contributed by atoms with Crippen LogP contribution in [-0.4, -0.2) is 36.9 Å². The van der Waals surface area contributed by atoms with Crippen LogP contribution in [0.1, 0.15) is 28.4 Å². The molecule has 0 saturated heterocycles. The van der Waals surface area contributed by atoms with E-state index in [2.05, 4.69) is 6.92 Å². The lowest BCUT2D eigenvalue weighted by atomic mass is 10.1. The van der Waals surface area contributed by atoms with Gasteiger partial charge in [-0.3, -0.25) is 14.9 Å². The molecule has 0 saturated carbocycles. The van der Waals surface area contributed by atoms with Crippen LogP contribution >= 0.6 is 0 Å². The zero-order valence-electron chi connectivity index (χ0n) is 15.0. The van der Waals surface area contributed by atoms with Gasteiger partial charge in [0.25, 0.3) is 11.6 Å². The first-order valence-electron chi connectivity index (χ1n) is 8.12. The molecule has 0 radical (unpaired) electrons. The molecule has 6 nitrogen and oxygen atoms in total. The summed E-state index contributed by atoms with van der Waals surface area (Å²) in [5, 5.41) is 11.3. The van der Waals surface area contributed by atoms with Crippen LogP contribution in [0.25, 0.3) is 0 Å². The Labute approximate surface area is 147 Å². The smallest absolute Gasteiger partial charge is 0.293 e. The van der Waals surface area contributed by atoms with Crippen molar-refractivity contribution >= 4 is 17.3 Å². The molecular weight excluding hydrogens is 318 g/mol. The van der Waals surface area contributed by atoms with E-state index < -0.39 is 4.92 Å². The summed E-state index contributed by atoms with van der Waals surface area (Å²) in [6.45, 7) is 2.54. The van der Waals surface area contributed by atoms with Gasteiger partial charge >= 0.3 is 0 Å². The number of amides is 1. The average Bonchev–Trinajstić information content (AvgIpc) is 2.60. The highest BCUT2D eigenvalue weighted by Crippen LogP contribution is 2.28. The summed E-state index contributed by atoms with van der Waals surface area (Å²) in [5.41, 5.74) is 2.97. The molecule has 2 aromatic rings. The van der Waals surface area contributed by atoms with Crippen LogP contribution < -0.4 is 4.90 Å². The lowest BCUT2D eigenvalue weighted by molar-refractivity contribution is -0.384. The third-order valence-corrected chi connectivity index (χ3v) is 4.10. The molecule has 1 amide bonds. The van der Waals surface area contributed by atoms with Crippen LogP contribution in [0.4, 0.5) is 11.4 Å². The van der Waals surface area contributed by atoms with Gasteiger partial charge in [0.1, 0.15) is 5.69 Å². The minimum Gasteiger partial charge on any atom is -0.372 e. The van der Waals surface area contributed by atoms with Crippen molar-refractivity contribution in [2.75, 3.05) is 26.0 Å². The second-order valence-electron chi connectivity index (χ2n) is 6.19. The Morgan fingerprint density at radius 2 is 1.64 bits per heavy atom. The number of nitrogens with zero attached hydrogens (tertiary/aromatic N) is 3. The average molecular weight is 341 g/mol. The maximum Gasteiger partial charge on any atom is 0.293 e. The molecule has 6 heteroatoms. The predicted octanol–water partition coefficient (Wildman–Crippen LogP) is 3.50. The molecule has 0 fully saturated rings. The molecule has 0 aliphatic heterocycles. The number of nitro groups is 1. The van der Waals surface area contributed by atoms with Crippen LogP contribution in [0.15, 0.2) is 42.5 Å². The highest BCUT2D eigenvalue weighted by atomic mass is 16.6. The fourth-order valence-electron chi connectivity index (χ4n) is 2.63. The van der Waals surface area contributed by atoms with E-state index in [0.717, 1.165) is 12.0 Å². The zero-order valence-corrected chi connectivity index (χ0v) is 15.0. The van der Waals surface area contributed by atoms with E-state index in [4.69, 9.17) is 0 Å². The molecule has 0 unspecified atom stereocenters. The largest absolute Gasteiger partial charge is 0.372 e. The summed E-state index contributed by atoms with van der Waals surface area (Å²) in [4.78, 5) is 26.7. The van der Waals surface area contributed by atoms with Gasteiger partial charge in [0.2, 0.25) is 0 Å². The van der Waals surface area contributed by atoms with E-state index >= 15 is 0 Å². The Balaban J connectivity index is 2.20. The number of hydrogen-bond acceptors (Lipinski definition) is 4. The van der Waals surface area contributed by atoms with Crippen molar-refractivity contribution in [3.8, 4) is 0 Å². The minimum atomic E-state index is -0.463. The minimum absolute atomic E-state index is 0.0726. The number of carbonyl (C=O) groups is 1. The van der Waals surface area contributed by atoms with Gasteiger partial charge in [-0.15, -0.1) is 0 Å². The fraction of sp³-hybridized carbons (Fsp3) is 0.316. The van der Waals surface area contributed by atoms with Crippen molar-refractivity contribution < 1.29 is 9.72 Å². The topological polar surface area (TPSA) is 66.7 Å². The summed E-state index contributed by atoms with van der Waals surface area (Å²) in [6.07, 6.45) is 0.969. The van der Waals surface area contributed by atoms with Gasteiger partial charge in [0.15, 0.2) is 0 Å². The second kappa shape index (κ2) is 7.79. The van der Waals surface area contributed by atoms with E-state index in [9.17, 15) is 14.9 Å². The summed E-state index contributed by atoms with van der Waals surface area (Å²) in [5.74, 6) is -0.243. The number of carbonyl (C=O) groups excluding carboxylic acids is 1. The molecule has 0 N–H and O–H groups in total. The van der Waals surface area contributed by atoms with Crippen molar-refractivity contribution in [3.63, 3.8) is 0 Å². The van der Waals surface area contributed by atoms with Gasteiger partial charge in [0, 0.05) is 39.3 Å². The van der Waals surface area contributed by atoms with Gasteiger partial charge in [-0.2, -0.15) is 0 Å². The summed E-state index contributed by atoms with van der Waals surface area (Å²) >= 11 is 0. The predicted molar refractivity (Wildman–Crippen MR) is 99.0 cm³/mol. The van der Waals surface area contributed by atoms with Gasteiger partial charge in [0.05, 0.1) is 4.92 Å². The standard InChI is InChI=1S/C19H23N3O3/c1-5-14-6-8-15(9-7-14)13-21(4)19(23)16-10-11-17(20(2)3)18(12-16)22(24)25/h6-12H,5,13H2,1-4H3. The monoisotopic (exact) mass is 341 g/mol. The number of hydrogen-bond donors (Lipinski definition) is 0. The molecular formula is C19H23N3O3. The third-order valence-electron chi connectivity index (χ3n) is 4.10. The van der Waals surface area contributed by atoms with Gasteiger partial charge in [-0.05, 0) is 29.7 Å². The van der Waals surface area contributed by atoms with Crippen LogP contribution in [0.5, 0.6) is 0 Å². The van der Waals surface area contributed by atoms with Gasteiger partial charge in [-0.1, -0.05) is 31.2 Å². The van der Waals surface area contributed by atoms with E-state index in [-0.39, 0.29) is 11.6 Å². The van der Waals surface area contributed by atoms with Gasteiger partial charge < -0.3 is 9.80 Å². The Kier molecular flexibility index (Phi) is 5.75. The first-order chi connectivity index (χ1) is 11.8. The molecule has 0 heterocycles. The first-order valence-corrected chi connectivity index (χ1v) is 8.12. The summed E-state index contributed by atoms with van der Waals surface area (Å²) in [7, 11) is 5.16. The van der Waals surface area contributed by atoms with Crippen molar-refractivity contribution in [1.82, 2.24) is 4.90 Å². The molecule has 2 rings (SSSR count). The molecule has 132 valence electrons. The van der Waals surface area contributed by atoms with E-state index in [1.807, 2.05) is 24.3 Å². The fourth-order valence-corrected chi connectivity index (χ4v) is 2.63. The maximum atomic E-state index is 12.6. The number of rotatable bonds is 6. The molecule has 25 heavy (non-hydrogen) atoms. The zero-order chi connectivity index (χ0) is 18.6. The third kappa shape index (κ3) is 4.35. The van der Waals surface area contributed by atoms with E-state index in [1.54, 1.807) is 43.1 Å². The van der Waals surface area contributed by atoms with E-state index in [0.29, 0.717) is 17.8 Å². The highest BCUT2D eigenvalue weighted by Gasteiger charge is 2.20. The number of anilines is 1. The molecule has 0 atom stereocenters. The molecule has 0 aromatic heterocycles. The molecule has 0 aliphatic rings. The number of aryl methyl sites for hydroxylation is 1. The maximum absolute atomic E-state index is 12.6. The Bertz CT molecular complexity index is 770. The molecule has 0 spiro atoms. The lowest BCUT2D eigenvalue weighted by Gasteiger charge is -2.19. The van der Waals surface area contributed by atoms with Crippen LogP contribution in [0.2, 0.25) is 0 Å². The normalized spacial score (nSPS) is 10.4.